The molecule has 6 heteroatoms. The molecule has 0 aliphatic heterocycles. The third kappa shape index (κ3) is 2.87. The lowest BCUT2D eigenvalue weighted by atomic mass is 10.1. The van der Waals surface area contributed by atoms with Gasteiger partial charge >= 0.3 is 0 Å². The monoisotopic (exact) mass is 370 g/mol. The van der Waals surface area contributed by atoms with Crippen molar-refractivity contribution in [2.45, 2.75) is 26.3 Å². The zero-order valence-corrected chi connectivity index (χ0v) is 15.8. The Morgan fingerprint density at radius 1 is 0.929 bits per heavy atom. The number of nitrogen functional groups attached to an aromatic ring is 2. The van der Waals surface area contributed by atoms with Crippen molar-refractivity contribution in [1.29, 1.82) is 0 Å². The third-order valence-electron chi connectivity index (χ3n) is 5.52. The topological polar surface area (TPSA) is 95.6 Å². The molecule has 4 aromatic rings. The Labute approximate surface area is 163 Å². The highest BCUT2D eigenvalue weighted by atomic mass is 15.1. The van der Waals surface area contributed by atoms with Crippen LogP contribution in [0.15, 0.2) is 48.5 Å². The maximum atomic E-state index is 5.86. The molecule has 3 heterocycles. The first kappa shape index (κ1) is 16.7. The number of nitrogens with two attached hydrogens (primary N) is 2. The first-order valence-corrected chi connectivity index (χ1v) is 9.51. The molecule has 0 amide bonds. The summed E-state index contributed by atoms with van der Waals surface area (Å²) >= 11 is 0. The molecule has 0 saturated carbocycles. The summed E-state index contributed by atoms with van der Waals surface area (Å²) in [5.41, 5.74) is 18.1. The van der Waals surface area contributed by atoms with E-state index in [4.69, 9.17) is 21.4 Å². The molecule has 0 saturated heterocycles. The summed E-state index contributed by atoms with van der Waals surface area (Å²) in [5, 5.41) is 0. The van der Waals surface area contributed by atoms with E-state index in [0.29, 0.717) is 17.6 Å². The lowest BCUT2D eigenvalue weighted by Crippen LogP contribution is -2.12. The van der Waals surface area contributed by atoms with Gasteiger partial charge in [0.05, 0.1) is 5.69 Å². The van der Waals surface area contributed by atoms with Crippen molar-refractivity contribution >= 4 is 22.8 Å². The van der Waals surface area contributed by atoms with Gasteiger partial charge in [0.2, 0.25) is 0 Å². The number of hydrogen-bond acceptors (Lipinski definition) is 5. The van der Waals surface area contributed by atoms with Crippen molar-refractivity contribution in [3.8, 4) is 11.3 Å². The Morgan fingerprint density at radius 3 is 2.29 bits per heavy atom. The Morgan fingerprint density at radius 2 is 1.61 bits per heavy atom. The van der Waals surface area contributed by atoms with Gasteiger partial charge in [-0.3, -0.25) is 0 Å². The van der Waals surface area contributed by atoms with Crippen molar-refractivity contribution < 1.29 is 0 Å². The minimum Gasteiger partial charge on any atom is -0.384 e. The molecule has 140 valence electrons. The SMILES string of the molecule is Cc1nc2ccc(-c3cc(N)nc(N)c3)nc2n1CC1Cc2ccccc2C1. The molecule has 0 spiro atoms. The molecule has 0 radical (unpaired) electrons. The van der Waals surface area contributed by atoms with Gasteiger partial charge in [0.15, 0.2) is 5.65 Å². The highest BCUT2D eigenvalue weighted by Gasteiger charge is 2.23. The normalized spacial score (nSPS) is 13.9. The van der Waals surface area contributed by atoms with Gasteiger partial charge in [-0.2, -0.15) is 0 Å². The standard InChI is InChI=1S/C22H22N6/c1-13-25-19-7-6-18(17-10-20(23)27-21(24)11-17)26-22(19)28(13)12-14-8-15-4-2-3-5-16(15)9-14/h2-7,10-11,14H,8-9,12H2,1H3,(H4,23,24,27). The van der Waals surface area contributed by atoms with Crippen LogP contribution in [0.2, 0.25) is 0 Å². The Kier molecular flexibility index (Phi) is 3.79. The summed E-state index contributed by atoms with van der Waals surface area (Å²) in [6.45, 7) is 2.96. The average Bonchev–Trinajstić information content (AvgIpc) is 3.21. The van der Waals surface area contributed by atoms with Gasteiger partial charge in [-0.15, -0.1) is 0 Å². The van der Waals surface area contributed by atoms with E-state index in [0.717, 1.165) is 47.6 Å². The van der Waals surface area contributed by atoms with Crippen molar-refractivity contribution in [2.24, 2.45) is 5.92 Å². The van der Waals surface area contributed by atoms with Crippen LogP contribution in [0.1, 0.15) is 17.0 Å². The molecule has 1 aromatic carbocycles. The van der Waals surface area contributed by atoms with Gasteiger partial charge in [-0.25, -0.2) is 15.0 Å². The molecule has 0 atom stereocenters. The first-order chi connectivity index (χ1) is 13.6. The lowest BCUT2D eigenvalue weighted by molar-refractivity contribution is 0.465. The zero-order chi connectivity index (χ0) is 19.3. The van der Waals surface area contributed by atoms with Crippen LogP contribution in [-0.2, 0) is 19.4 Å². The fourth-order valence-electron chi connectivity index (χ4n) is 4.25. The molecule has 0 unspecified atom stereocenters. The number of anilines is 2. The number of aromatic nitrogens is 4. The molecule has 1 aliphatic carbocycles. The Bertz CT molecular complexity index is 1150. The second-order valence-corrected chi connectivity index (χ2v) is 7.56. The maximum absolute atomic E-state index is 5.86. The molecule has 0 fully saturated rings. The summed E-state index contributed by atoms with van der Waals surface area (Å²) in [6.07, 6.45) is 2.21. The van der Waals surface area contributed by atoms with Crippen LogP contribution in [0.3, 0.4) is 0 Å². The van der Waals surface area contributed by atoms with E-state index in [1.165, 1.54) is 11.1 Å². The molecule has 28 heavy (non-hydrogen) atoms. The van der Waals surface area contributed by atoms with Gasteiger partial charge in [0.25, 0.3) is 0 Å². The lowest BCUT2D eigenvalue weighted by Gasteiger charge is -2.13. The predicted octanol–water partition coefficient (Wildman–Crippen LogP) is 3.38. The third-order valence-corrected chi connectivity index (χ3v) is 5.52. The summed E-state index contributed by atoms with van der Waals surface area (Å²) in [7, 11) is 0. The van der Waals surface area contributed by atoms with E-state index in [1.807, 2.05) is 19.1 Å². The van der Waals surface area contributed by atoms with Crippen LogP contribution >= 0.6 is 0 Å². The van der Waals surface area contributed by atoms with Gasteiger partial charge in [-0.05, 0) is 61.1 Å². The summed E-state index contributed by atoms with van der Waals surface area (Å²) in [6, 6.07) is 16.3. The van der Waals surface area contributed by atoms with Crippen molar-refractivity contribution in [2.75, 3.05) is 11.5 Å². The van der Waals surface area contributed by atoms with Crippen LogP contribution in [0.5, 0.6) is 0 Å². The van der Waals surface area contributed by atoms with Crippen molar-refractivity contribution in [3.63, 3.8) is 0 Å². The second-order valence-electron chi connectivity index (χ2n) is 7.56. The highest BCUT2D eigenvalue weighted by molar-refractivity contribution is 5.77. The van der Waals surface area contributed by atoms with Crippen LogP contribution in [0.25, 0.3) is 22.4 Å². The van der Waals surface area contributed by atoms with Gasteiger partial charge in [0, 0.05) is 12.1 Å². The summed E-state index contributed by atoms with van der Waals surface area (Å²) < 4.78 is 2.24. The van der Waals surface area contributed by atoms with Gasteiger partial charge in [0.1, 0.15) is 23.0 Å². The van der Waals surface area contributed by atoms with E-state index >= 15 is 0 Å². The Hall–Kier alpha value is -3.41. The molecule has 3 aromatic heterocycles. The molecule has 0 bridgehead atoms. The number of hydrogen-bond donors (Lipinski definition) is 2. The number of nitrogens with zero attached hydrogens (tertiary/aromatic N) is 4. The second kappa shape index (κ2) is 6.34. The number of pyridine rings is 2. The molecular formula is C22H22N6. The average molecular weight is 370 g/mol. The number of fused-ring (bicyclic) bond motifs is 2. The largest absolute Gasteiger partial charge is 0.384 e. The smallest absolute Gasteiger partial charge is 0.160 e. The van der Waals surface area contributed by atoms with Crippen molar-refractivity contribution in [3.05, 3.63) is 65.5 Å². The van der Waals surface area contributed by atoms with E-state index < -0.39 is 0 Å². The highest BCUT2D eigenvalue weighted by Crippen LogP contribution is 2.30. The summed E-state index contributed by atoms with van der Waals surface area (Å²) in [4.78, 5) is 13.7. The van der Waals surface area contributed by atoms with Crippen LogP contribution in [-0.4, -0.2) is 19.5 Å². The minimum absolute atomic E-state index is 0.394. The fraction of sp³-hybridized carbons (Fsp3) is 0.227. The number of aryl methyl sites for hydroxylation is 1. The predicted molar refractivity (Wildman–Crippen MR) is 112 cm³/mol. The van der Waals surface area contributed by atoms with E-state index in [2.05, 4.69) is 33.8 Å². The first-order valence-electron chi connectivity index (χ1n) is 9.51. The number of benzene rings is 1. The van der Waals surface area contributed by atoms with E-state index in [1.54, 1.807) is 12.1 Å². The van der Waals surface area contributed by atoms with Gasteiger partial charge in [-0.1, -0.05) is 24.3 Å². The summed E-state index contributed by atoms with van der Waals surface area (Å²) in [5.74, 6) is 2.34. The molecular weight excluding hydrogens is 348 g/mol. The van der Waals surface area contributed by atoms with E-state index in [-0.39, 0.29) is 0 Å². The van der Waals surface area contributed by atoms with E-state index in [9.17, 15) is 0 Å². The fourth-order valence-corrected chi connectivity index (χ4v) is 4.25. The van der Waals surface area contributed by atoms with Crippen molar-refractivity contribution in [1.82, 2.24) is 19.5 Å². The van der Waals surface area contributed by atoms with Gasteiger partial charge < -0.3 is 16.0 Å². The quantitative estimate of drug-likeness (QED) is 0.576. The number of rotatable bonds is 3. The van der Waals surface area contributed by atoms with Crippen LogP contribution in [0.4, 0.5) is 11.6 Å². The Balaban J connectivity index is 1.52. The maximum Gasteiger partial charge on any atom is 0.160 e. The zero-order valence-electron chi connectivity index (χ0n) is 15.8. The van der Waals surface area contributed by atoms with Crippen LogP contribution < -0.4 is 11.5 Å². The molecule has 1 aliphatic rings. The minimum atomic E-state index is 0.394. The van der Waals surface area contributed by atoms with Crippen LogP contribution in [0, 0.1) is 12.8 Å². The molecule has 5 rings (SSSR count). The number of imidazole rings is 1. The molecule has 4 N–H and O–H groups in total. The molecule has 6 nitrogen and oxygen atoms in total.